The molecule has 0 unspecified atom stereocenters. The van der Waals surface area contributed by atoms with Gasteiger partial charge in [-0.1, -0.05) is 11.6 Å². The number of fused-ring (bicyclic) bond motifs is 1. The summed E-state index contributed by atoms with van der Waals surface area (Å²) >= 11 is 6.09. The maximum absolute atomic E-state index is 14.6. The van der Waals surface area contributed by atoms with E-state index in [1.54, 1.807) is 18.3 Å². The number of nitrogens with one attached hydrogen (secondary N) is 2. The number of hydrogen-bond donors (Lipinski definition) is 2. The van der Waals surface area contributed by atoms with E-state index in [0.717, 1.165) is 46.9 Å². The number of anilines is 4. The van der Waals surface area contributed by atoms with Crippen molar-refractivity contribution in [3.8, 4) is 0 Å². The lowest BCUT2D eigenvalue weighted by Crippen LogP contribution is -2.37. The van der Waals surface area contributed by atoms with Gasteiger partial charge in [-0.2, -0.15) is 4.98 Å². The molecule has 0 aliphatic carbocycles. The molecule has 0 bridgehead atoms. The standard InChI is InChI=1S/C25H24ClFN6O/c1-16-12-24(33-8-10-34-11-9-33)32-25(30-16)29-15-17-13-19(3-5-21(17)27)31-22-6-7-28-23-14-18(26)2-4-20(22)23/h2-7,12-14H,8-11,15H2,1H3,(H,28,31)(H,29,30,32). The Morgan fingerprint density at radius 3 is 2.76 bits per heavy atom. The molecule has 1 saturated heterocycles. The van der Waals surface area contributed by atoms with E-state index in [9.17, 15) is 4.39 Å². The van der Waals surface area contributed by atoms with Gasteiger partial charge in [-0.3, -0.25) is 4.98 Å². The summed E-state index contributed by atoms with van der Waals surface area (Å²) in [5.41, 5.74) is 3.77. The number of benzene rings is 2. The Hall–Kier alpha value is -3.49. The van der Waals surface area contributed by atoms with E-state index in [2.05, 4.69) is 30.5 Å². The minimum atomic E-state index is -0.300. The van der Waals surface area contributed by atoms with Crippen LogP contribution >= 0.6 is 11.6 Å². The van der Waals surface area contributed by atoms with Crippen LogP contribution in [0.3, 0.4) is 0 Å². The van der Waals surface area contributed by atoms with Crippen LogP contribution in [0.15, 0.2) is 54.7 Å². The van der Waals surface area contributed by atoms with Crippen LogP contribution in [0.4, 0.5) is 27.5 Å². The first-order chi connectivity index (χ1) is 16.5. The molecular formula is C25H24ClFN6O. The van der Waals surface area contributed by atoms with Gasteiger partial charge in [0, 0.05) is 64.9 Å². The molecule has 0 amide bonds. The van der Waals surface area contributed by atoms with E-state index in [-0.39, 0.29) is 12.4 Å². The van der Waals surface area contributed by atoms with Crippen LogP contribution < -0.4 is 15.5 Å². The summed E-state index contributed by atoms with van der Waals surface area (Å²) in [4.78, 5) is 15.6. The zero-order valence-electron chi connectivity index (χ0n) is 18.7. The van der Waals surface area contributed by atoms with Gasteiger partial charge in [0.25, 0.3) is 0 Å². The highest BCUT2D eigenvalue weighted by Crippen LogP contribution is 2.28. The maximum atomic E-state index is 14.6. The van der Waals surface area contributed by atoms with Crippen LogP contribution in [0.2, 0.25) is 5.02 Å². The van der Waals surface area contributed by atoms with Crippen molar-refractivity contribution in [2.24, 2.45) is 0 Å². The SMILES string of the molecule is Cc1cc(N2CCOCC2)nc(NCc2cc(Nc3ccnc4cc(Cl)ccc34)ccc2F)n1. The average molecular weight is 479 g/mol. The van der Waals surface area contributed by atoms with Gasteiger partial charge in [0.15, 0.2) is 0 Å². The summed E-state index contributed by atoms with van der Waals surface area (Å²) in [6.45, 7) is 5.10. The highest BCUT2D eigenvalue weighted by molar-refractivity contribution is 6.31. The van der Waals surface area contributed by atoms with Gasteiger partial charge in [0.1, 0.15) is 11.6 Å². The molecule has 174 valence electrons. The van der Waals surface area contributed by atoms with E-state index in [4.69, 9.17) is 16.3 Å². The average Bonchev–Trinajstić information content (AvgIpc) is 2.84. The predicted octanol–water partition coefficient (Wildman–Crippen LogP) is 5.32. The third kappa shape index (κ3) is 5.03. The number of morpholine rings is 1. The number of nitrogens with zero attached hydrogens (tertiary/aromatic N) is 4. The van der Waals surface area contributed by atoms with Crippen LogP contribution in [0.25, 0.3) is 10.9 Å². The molecule has 2 N–H and O–H groups in total. The van der Waals surface area contributed by atoms with Crippen LogP contribution in [-0.4, -0.2) is 41.3 Å². The minimum absolute atomic E-state index is 0.250. The van der Waals surface area contributed by atoms with Gasteiger partial charge in [0.2, 0.25) is 5.95 Å². The summed E-state index contributed by atoms with van der Waals surface area (Å²) in [6.07, 6.45) is 1.72. The second-order valence-electron chi connectivity index (χ2n) is 8.10. The van der Waals surface area contributed by atoms with Crippen LogP contribution in [0, 0.1) is 12.7 Å². The Balaban J connectivity index is 1.34. The molecule has 7 nitrogen and oxygen atoms in total. The van der Waals surface area contributed by atoms with E-state index >= 15 is 0 Å². The fraction of sp³-hybridized carbons (Fsp3) is 0.240. The molecule has 1 fully saturated rings. The van der Waals surface area contributed by atoms with Crippen molar-refractivity contribution in [2.75, 3.05) is 41.8 Å². The van der Waals surface area contributed by atoms with E-state index in [1.165, 1.54) is 6.07 Å². The zero-order chi connectivity index (χ0) is 23.5. The van der Waals surface area contributed by atoms with Crippen LogP contribution in [0.5, 0.6) is 0 Å². The molecule has 2 aromatic heterocycles. The van der Waals surface area contributed by atoms with Crippen molar-refractivity contribution < 1.29 is 9.13 Å². The Kier molecular flexibility index (Phi) is 6.42. The summed E-state index contributed by atoms with van der Waals surface area (Å²) in [7, 11) is 0. The number of aromatic nitrogens is 3. The topological polar surface area (TPSA) is 75.2 Å². The van der Waals surface area contributed by atoms with Crippen molar-refractivity contribution in [2.45, 2.75) is 13.5 Å². The molecule has 2 aromatic carbocycles. The predicted molar refractivity (Wildman–Crippen MR) is 134 cm³/mol. The molecule has 1 aliphatic heterocycles. The molecule has 34 heavy (non-hydrogen) atoms. The summed E-state index contributed by atoms with van der Waals surface area (Å²) < 4.78 is 20.0. The van der Waals surface area contributed by atoms with E-state index < -0.39 is 0 Å². The quantitative estimate of drug-likeness (QED) is 0.388. The summed E-state index contributed by atoms with van der Waals surface area (Å²) in [5, 5.41) is 8.10. The summed E-state index contributed by atoms with van der Waals surface area (Å²) in [6, 6.07) is 14.3. The van der Waals surface area contributed by atoms with Crippen molar-refractivity contribution in [1.29, 1.82) is 0 Å². The molecule has 0 saturated carbocycles. The first-order valence-corrected chi connectivity index (χ1v) is 11.4. The molecule has 5 rings (SSSR count). The molecular weight excluding hydrogens is 455 g/mol. The molecule has 4 aromatic rings. The van der Waals surface area contributed by atoms with Gasteiger partial charge in [-0.15, -0.1) is 0 Å². The second-order valence-corrected chi connectivity index (χ2v) is 8.53. The molecule has 3 heterocycles. The van der Waals surface area contributed by atoms with E-state index in [0.29, 0.717) is 29.7 Å². The van der Waals surface area contributed by atoms with Crippen molar-refractivity contribution in [1.82, 2.24) is 15.0 Å². The van der Waals surface area contributed by atoms with Gasteiger partial charge in [-0.05, 0) is 49.4 Å². The first-order valence-electron chi connectivity index (χ1n) is 11.1. The van der Waals surface area contributed by atoms with Crippen molar-refractivity contribution in [3.05, 3.63) is 76.8 Å². The maximum Gasteiger partial charge on any atom is 0.225 e. The monoisotopic (exact) mass is 478 g/mol. The number of hydrogen-bond acceptors (Lipinski definition) is 7. The van der Waals surface area contributed by atoms with Gasteiger partial charge in [0.05, 0.1) is 18.7 Å². The second kappa shape index (κ2) is 9.79. The first kappa shape index (κ1) is 22.3. The van der Waals surface area contributed by atoms with Crippen LogP contribution in [-0.2, 0) is 11.3 Å². The number of halogens is 2. The fourth-order valence-corrected chi connectivity index (χ4v) is 4.10. The Bertz CT molecular complexity index is 1330. The molecule has 0 spiro atoms. The smallest absolute Gasteiger partial charge is 0.225 e. The normalized spacial score (nSPS) is 13.8. The number of pyridine rings is 1. The summed E-state index contributed by atoms with van der Waals surface area (Å²) in [5.74, 6) is 1.01. The number of aryl methyl sites for hydroxylation is 1. The minimum Gasteiger partial charge on any atom is -0.378 e. The number of ether oxygens (including phenoxy) is 1. The lowest BCUT2D eigenvalue weighted by molar-refractivity contribution is 0.122. The fourth-order valence-electron chi connectivity index (χ4n) is 3.93. The van der Waals surface area contributed by atoms with Crippen molar-refractivity contribution >= 4 is 45.6 Å². The largest absolute Gasteiger partial charge is 0.378 e. The Morgan fingerprint density at radius 2 is 1.91 bits per heavy atom. The number of rotatable bonds is 6. The third-order valence-electron chi connectivity index (χ3n) is 5.64. The lowest BCUT2D eigenvalue weighted by Gasteiger charge is -2.28. The van der Waals surface area contributed by atoms with Crippen LogP contribution in [0.1, 0.15) is 11.3 Å². The lowest BCUT2D eigenvalue weighted by atomic mass is 10.1. The van der Waals surface area contributed by atoms with E-state index in [1.807, 2.05) is 37.3 Å². The Morgan fingerprint density at radius 1 is 1.06 bits per heavy atom. The zero-order valence-corrected chi connectivity index (χ0v) is 19.4. The molecule has 1 aliphatic rings. The molecule has 0 atom stereocenters. The molecule has 0 radical (unpaired) electrons. The van der Waals surface area contributed by atoms with Gasteiger partial charge < -0.3 is 20.3 Å². The van der Waals surface area contributed by atoms with Gasteiger partial charge >= 0.3 is 0 Å². The highest BCUT2D eigenvalue weighted by atomic mass is 35.5. The molecule has 9 heteroatoms. The third-order valence-corrected chi connectivity index (χ3v) is 5.88. The highest BCUT2D eigenvalue weighted by Gasteiger charge is 2.14. The van der Waals surface area contributed by atoms with Crippen molar-refractivity contribution in [3.63, 3.8) is 0 Å². The Labute approximate surface area is 202 Å². The van der Waals surface area contributed by atoms with Gasteiger partial charge in [-0.25, -0.2) is 9.37 Å².